The van der Waals surface area contributed by atoms with Crippen LogP contribution in [0.4, 0.5) is 0 Å². The van der Waals surface area contributed by atoms with Crippen LogP contribution in [0.3, 0.4) is 0 Å². The van der Waals surface area contributed by atoms with Crippen LogP contribution >= 0.6 is 0 Å². The summed E-state index contributed by atoms with van der Waals surface area (Å²) < 4.78 is 4.71. The van der Waals surface area contributed by atoms with Crippen molar-refractivity contribution in [1.29, 1.82) is 0 Å². The van der Waals surface area contributed by atoms with Crippen molar-refractivity contribution in [2.24, 2.45) is 5.92 Å². The van der Waals surface area contributed by atoms with E-state index >= 15 is 0 Å². The summed E-state index contributed by atoms with van der Waals surface area (Å²) in [6, 6.07) is 65.7. The monoisotopic (exact) mass is 772 g/mol. The third kappa shape index (κ3) is 6.04. The molecule has 6 heteroatoms. The summed E-state index contributed by atoms with van der Waals surface area (Å²) in [6.07, 6.45) is 0.947. The van der Waals surface area contributed by atoms with E-state index in [1.54, 1.807) is 0 Å². The Labute approximate surface area is 348 Å². The smallest absolute Gasteiger partial charge is 0.238 e. The molecule has 0 unspecified atom stereocenters. The van der Waals surface area contributed by atoms with Gasteiger partial charge in [-0.2, -0.15) is 9.97 Å². The van der Waals surface area contributed by atoms with Crippen molar-refractivity contribution in [1.82, 2.24) is 29.1 Å². The van der Waals surface area contributed by atoms with Crippen LogP contribution < -0.4 is 0 Å². The second-order valence-corrected chi connectivity index (χ2v) is 15.8. The second-order valence-electron chi connectivity index (χ2n) is 15.8. The Bertz CT molecular complexity index is 3370. The highest BCUT2D eigenvalue weighted by atomic mass is 15.2. The Hall–Kier alpha value is -7.70. The Kier molecular flexibility index (Phi) is 8.63. The van der Waals surface area contributed by atoms with Crippen molar-refractivity contribution in [3.05, 3.63) is 194 Å². The molecule has 6 nitrogen and oxygen atoms in total. The maximum atomic E-state index is 5.42. The van der Waals surface area contributed by atoms with E-state index in [0.29, 0.717) is 23.5 Å². The molecule has 4 aromatic heterocycles. The lowest BCUT2D eigenvalue weighted by Crippen LogP contribution is -2.07. The lowest BCUT2D eigenvalue weighted by Gasteiger charge is -2.15. The Balaban J connectivity index is 1.21. The standard InChI is InChI=1S/C54H40N6/c1-35(2)32-40-34-44-42-26-12-14-30-47(42)60(50(44)51-49(40)43-27-13-15-31-48(43)59(51)41-24-10-5-11-25-41)54-57-52(37-20-8-4-9-21-37)56-53(58-54)39-23-16-22-38(33-39)46-29-17-28-45(55-46)36-18-6-3-7-19-36/h3-31,33-35H,32H2,1-2H3. The fraction of sp³-hybridized carbons (Fsp3) is 0.0741. The highest BCUT2D eigenvalue weighted by Gasteiger charge is 2.26. The number of fused-ring (bicyclic) bond motifs is 7. The van der Waals surface area contributed by atoms with Crippen LogP contribution in [0.1, 0.15) is 19.4 Å². The molecule has 11 aromatic rings. The number of hydrogen-bond donors (Lipinski definition) is 0. The Morgan fingerprint density at radius 3 is 1.68 bits per heavy atom. The summed E-state index contributed by atoms with van der Waals surface area (Å²) in [5, 5.41) is 4.81. The molecule has 7 aromatic carbocycles. The molecule has 0 aliphatic rings. The van der Waals surface area contributed by atoms with Gasteiger partial charge in [0.05, 0.1) is 33.5 Å². The van der Waals surface area contributed by atoms with Crippen LogP contribution in [0, 0.1) is 5.92 Å². The highest BCUT2D eigenvalue weighted by Crippen LogP contribution is 2.44. The first-order valence-corrected chi connectivity index (χ1v) is 20.6. The summed E-state index contributed by atoms with van der Waals surface area (Å²) in [7, 11) is 0. The Morgan fingerprint density at radius 1 is 0.417 bits per heavy atom. The van der Waals surface area contributed by atoms with Gasteiger partial charge in [-0.05, 0) is 66.4 Å². The zero-order valence-corrected chi connectivity index (χ0v) is 33.4. The SMILES string of the molecule is CC(C)Cc1cc2c3ccccc3n(-c3nc(-c4ccccc4)nc(-c4cccc(-c5cccc(-c6ccccc6)n5)c4)n3)c2c2c1c1ccccc1n2-c1ccccc1. The normalized spacial score (nSPS) is 11.7. The van der Waals surface area contributed by atoms with Crippen LogP contribution in [0.25, 0.3) is 101 Å². The molecule has 0 spiro atoms. The second kappa shape index (κ2) is 14.6. The van der Waals surface area contributed by atoms with Gasteiger partial charge < -0.3 is 4.57 Å². The summed E-state index contributed by atoms with van der Waals surface area (Å²) in [4.78, 5) is 21.0. The van der Waals surface area contributed by atoms with E-state index < -0.39 is 0 Å². The summed E-state index contributed by atoms with van der Waals surface area (Å²) in [6.45, 7) is 4.61. The number of benzene rings is 7. The van der Waals surface area contributed by atoms with E-state index in [-0.39, 0.29) is 0 Å². The number of rotatable bonds is 8. The van der Waals surface area contributed by atoms with Crippen LogP contribution in [-0.4, -0.2) is 29.1 Å². The van der Waals surface area contributed by atoms with Crippen molar-refractivity contribution >= 4 is 43.6 Å². The number of aromatic nitrogens is 6. The van der Waals surface area contributed by atoms with Gasteiger partial charge in [-0.3, -0.25) is 4.57 Å². The molecule has 60 heavy (non-hydrogen) atoms. The molecule has 0 aliphatic heterocycles. The van der Waals surface area contributed by atoms with Gasteiger partial charge in [0.1, 0.15) is 0 Å². The third-order valence-electron chi connectivity index (χ3n) is 11.4. The highest BCUT2D eigenvalue weighted by molar-refractivity contribution is 6.25. The van der Waals surface area contributed by atoms with Gasteiger partial charge in [0.25, 0.3) is 0 Å². The predicted octanol–water partition coefficient (Wildman–Crippen LogP) is 13.3. The summed E-state index contributed by atoms with van der Waals surface area (Å²) in [5.74, 6) is 2.21. The zero-order chi connectivity index (χ0) is 40.2. The molecule has 0 radical (unpaired) electrons. The largest absolute Gasteiger partial charge is 0.307 e. The van der Waals surface area contributed by atoms with E-state index in [1.165, 1.54) is 21.7 Å². The van der Waals surface area contributed by atoms with Crippen molar-refractivity contribution in [2.45, 2.75) is 20.3 Å². The Morgan fingerprint density at radius 2 is 0.967 bits per heavy atom. The molecule has 0 amide bonds. The first-order valence-electron chi connectivity index (χ1n) is 20.6. The molecular weight excluding hydrogens is 733 g/mol. The van der Waals surface area contributed by atoms with Gasteiger partial charge in [-0.1, -0.05) is 153 Å². The van der Waals surface area contributed by atoms with E-state index in [2.05, 4.69) is 175 Å². The van der Waals surface area contributed by atoms with Crippen LogP contribution in [0.5, 0.6) is 0 Å². The number of nitrogens with zero attached hydrogens (tertiary/aromatic N) is 6. The minimum atomic E-state index is 0.462. The van der Waals surface area contributed by atoms with E-state index in [1.807, 2.05) is 36.4 Å². The molecule has 0 atom stereocenters. The van der Waals surface area contributed by atoms with Crippen molar-refractivity contribution in [3.8, 4) is 56.9 Å². The average Bonchev–Trinajstić information content (AvgIpc) is 3.83. The van der Waals surface area contributed by atoms with Crippen LogP contribution in [-0.2, 0) is 6.42 Å². The summed E-state index contributed by atoms with van der Waals surface area (Å²) in [5.41, 5.74) is 12.5. The molecule has 0 N–H and O–H groups in total. The molecule has 0 saturated heterocycles. The maximum Gasteiger partial charge on any atom is 0.238 e. The molecule has 11 rings (SSSR count). The van der Waals surface area contributed by atoms with Crippen molar-refractivity contribution < 1.29 is 0 Å². The fourth-order valence-corrected chi connectivity index (χ4v) is 8.83. The molecule has 0 fully saturated rings. The van der Waals surface area contributed by atoms with E-state index in [9.17, 15) is 0 Å². The third-order valence-corrected chi connectivity index (χ3v) is 11.4. The van der Waals surface area contributed by atoms with Crippen molar-refractivity contribution in [2.75, 3.05) is 0 Å². The minimum absolute atomic E-state index is 0.462. The number of hydrogen-bond acceptors (Lipinski definition) is 4. The van der Waals surface area contributed by atoms with Crippen LogP contribution in [0.15, 0.2) is 188 Å². The maximum absolute atomic E-state index is 5.42. The van der Waals surface area contributed by atoms with Gasteiger partial charge in [0.15, 0.2) is 11.6 Å². The predicted molar refractivity (Wildman–Crippen MR) is 247 cm³/mol. The molecule has 0 bridgehead atoms. The van der Waals surface area contributed by atoms with E-state index in [4.69, 9.17) is 19.9 Å². The van der Waals surface area contributed by atoms with Crippen molar-refractivity contribution in [3.63, 3.8) is 0 Å². The number of para-hydroxylation sites is 3. The van der Waals surface area contributed by atoms with Gasteiger partial charge in [0, 0.05) is 49.5 Å². The zero-order valence-electron chi connectivity index (χ0n) is 33.4. The molecule has 4 heterocycles. The lowest BCUT2D eigenvalue weighted by molar-refractivity contribution is 0.651. The van der Waals surface area contributed by atoms with E-state index in [0.717, 1.165) is 73.2 Å². The first-order chi connectivity index (χ1) is 29.6. The minimum Gasteiger partial charge on any atom is -0.307 e. The first kappa shape index (κ1) is 35.5. The average molecular weight is 773 g/mol. The molecular formula is C54H40N6. The lowest BCUT2D eigenvalue weighted by atomic mass is 9.95. The quantitative estimate of drug-likeness (QED) is 0.154. The van der Waals surface area contributed by atoms with Crippen LogP contribution in [0.2, 0.25) is 0 Å². The molecule has 0 saturated carbocycles. The topological polar surface area (TPSA) is 61.4 Å². The van der Waals surface area contributed by atoms with Gasteiger partial charge in [-0.25, -0.2) is 9.97 Å². The molecule has 0 aliphatic carbocycles. The molecule has 286 valence electrons. The summed E-state index contributed by atoms with van der Waals surface area (Å²) >= 11 is 0. The fourth-order valence-electron chi connectivity index (χ4n) is 8.83. The van der Waals surface area contributed by atoms with Gasteiger partial charge in [0.2, 0.25) is 5.95 Å². The number of pyridine rings is 1. The van der Waals surface area contributed by atoms with Gasteiger partial charge >= 0.3 is 0 Å². The van der Waals surface area contributed by atoms with Gasteiger partial charge in [-0.15, -0.1) is 0 Å².